The molecule has 0 bridgehead atoms. The van der Waals surface area contributed by atoms with Crippen molar-refractivity contribution in [3.05, 3.63) is 95.6 Å². The Hall–Kier alpha value is -3.40. The maximum Gasteiger partial charge on any atom is 0.265 e. The third-order valence-electron chi connectivity index (χ3n) is 4.14. The molecule has 3 aromatic rings. The van der Waals surface area contributed by atoms with Crippen LogP contribution in [0.3, 0.4) is 0 Å². The quantitative estimate of drug-likeness (QED) is 0.653. The first kappa shape index (κ1) is 18.4. The highest BCUT2D eigenvalue weighted by molar-refractivity contribution is 6.14. The molecule has 0 aliphatic rings. The molecule has 0 heterocycles. The number of benzene rings is 3. The molecule has 1 amide bonds. The van der Waals surface area contributed by atoms with E-state index in [-0.39, 0.29) is 11.7 Å². The van der Waals surface area contributed by atoms with Crippen molar-refractivity contribution in [3.63, 3.8) is 0 Å². The molecule has 4 nitrogen and oxygen atoms in total. The molecule has 4 heteroatoms. The van der Waals surface area contributed by atoms with E-state index in [9.17, 15) is 9.59 Å². The lowest BCUT2D eigenvalue weighted by atomic mass is 10.0. The van der Waals surface area contributed by atoms with Gasteiger partial charge in [-0.2, -0.15) is 0 Å². The van der Waals surface area contributed by atoms with Gasteiger partial charge in [0, 0.05) is 11.1 Å². The van der Waals surface area contributed by atoms with E-state index < -0.39 is 6.10 Å². The number of anilines is 1. The van der Waals surface area contributed by atoms with Crippen LogP contribution in [0.15, 0.2) is 78.9 Å². The highest BCUT2D eigenvalue weighted by Gasteiger charge is 2.19. The third kappa shape index (κ3) is 4.61. The topological polar surface area (TPSA) is 55.4 Å². The van der Waals surface area contributed by atoms with E-state index in [1.165, 1.54) is 0 Å². The predicted molar refractivity (Wildman–Crippen MR) is 106 cm³/mol. The molecule has 136 valence electrons. The molecule has 1 unspecified atom stereocenters. The maximum atomic E-state index is 12.8. The standard InChI is InChI=1S/C23H21NO3/c1-16-9-8-12-19(15-16)27-17(2)23(26)24-21-14-7-6-13-20(21)22(25)18-10-4-3-5-11-18/h3-15,17H,1-2H3,(H,24,26). The number of para-hydroxylation sites is 1. The van der Waals surface area contributed by atoms with Crippen LogP contribution in [0.4, 0.5) is 5.69 Å². The number of hydrogen-bond acceptors (Lipinski definition) is 3. The van der Waals surface area contributed by atoms with Gasteiger partial charge in [0.1, 0.15) is 5.75 Å². The van der Waals surface area contributed by atoms with Crippen molar-refractivity contribution < 1.29 is 14.3 Å². The van der Waals surface area contributed by atoms with Crippen LogP contribution in [0, 0.1) is 6.92 Å². The summed E-state index contributed by atoms with van der Waals surface area (Å²) in [5, 5.41) is 2.81. The first-order valence-corrected chi connectivity index (χ1v) is 8.77. The van der Waals surface area contributed by atoms with Crippen LogP contribution in [0.2, 0.25) is 0 Å². The van der Waals surface area contributed by atoms with Crippen molar-refractivity contribution in [2.24, 2.45) is 0 Å². The summed E-state index contributed by atoms with van der Waals surface area (Å²) in [6.07, 6.45) is -0.702. The fraction of sp³-hybridized carbons (Fsp3) is 0.130. The summed E-state index contributed by atoms with van der Waals surface area (Å²) in [5.41, 5.74) is 2.54. The van der Waals surface area contributed by atoms with Crippen LogP contribution in [-0.4, -0.2) is 17.8 Å². The van der Waals surface area contributed by atoms with Gasteiger partial charge < -0.3 is 10.1 Å². The monoisotopic (exact) mass is 359 g/mol. The van der Waals surface area contributed by atoms with Crippen molar-refractivity contribution in [3.8, 4) is 5.75 Å². The Labute approximate surface area is 158 Å². The molecular weight excluding hydrogens is 338 g/mol. The average molecular weight is 359 g/mol. The van der Waals surface area contributed by atoms with Crippen LogP contribution >= 0.6 is 0 Å². The molecule has 0 aromatic heterocycles. The molecule has 0 radical (unpaired) electrons. The van der Waals surface area contributed by atoms with Gasteiger partial charge in [-0.05, 0) is 43.7 Å². The summed E-state index contributed by atoms with van der Waals surface area (Å²) in [5.74, 6) is 0.176. The van der Waals surface area contributed by atoms with Gasteiger partial charge in [-0.25, -0.2) is 0 Å². The number of ether oxygens (including phenoxy) is 1. The van der Waals surface area contributed by atoms with Gasteiger partial charge >= 0.3 is 0 Å². The van der Waals surface area contributed by atoms with Crippen LogP contribution in [0.25, 0.3) is 0 Å². The molecule has 1 N–H and O–H groups in total. The molecule has 0 aliphatic heterocycles. The van der Waals surface area contributed by atoms with Gasteiger partial charge in [-0.3, -0.25) is 9.59 Å². The lowest BCUT2D eigenvalue weighted by molar-refractivity contribution is -0.122. The first-order valence-electron chi connectivity index (χ1n) is 8.77. The second-order valence-electron chi connectivity index (χ2n) is 6.31. The van der Waals surface area contributed by atoms with Gasteiger partial charge in [-0.15, -0.1) is 0 Å². The predicted octanol–water partition coefficient (Wildman–Crippen LogP) is 4.63. The SMILES string of the molecule is Cc1cccc(OC(C)C(=O)Nc2ccccc2C(=O)c2ccccc2)c1. The second kappa shape index (κ2) is 8.32. The average Bonchev–Trinajstić information content (AvgIpc) is 2.68. The summed E-state index contributed by atoms with van der Waals surface area (Å²) in [6, 6.07) is 23.5. The number of aryl methyl sites for hydroxylation is 1. The van der Waals surface area contributed by atoms with Crippen molar-refractivity contribution in [2.75, 3.05) is 5.32 Å². The normalized spacial score (nSPS) is 11.5. The minimum atomic E-state index is -0.702. The lowest BCUT2D eigenvalue weighted by Gasteiger charge is -2.16. The fourth-order valence-corrected chi connectivity index (χ4v) is 2.72. The molecule has 3 rings (SSSR count). The fourth-order valence-electron chi connectivity index (χ4n) is 2.72. The maximum absolute atomic E-state index is 12.8. The van der Waals surface area contributed by atoms with Crippen LogP contribution in [0.5, 0.6) is 5.75 Å². The van der Waals surface area contributed by atoms with E-state index in [4.69, 9.17) is 4.74 Å². The number of nitrogens with one attached hydrogen (secondary N) is 1. The number of rotatable bonds is 6. The summed E-state index contributed by atoms with van der Waals surface area (Å²) < 4.78 is 5.72. The Bertz CT molecular complexity index is 951. The first-order chi connectivity index (χ1) is 13.0. The summed E-state index contributed by atoms with van der Waals surface area (Å²) in [7, 11) is 0. The Morgan fingerprint density at radius 3 is 2.33 bits per heavy atom. The number of amides is 1. The van der Waals surface area contributed by atoms with Crippen molar-refractivity contribution in [1.29, 1.82) is 0 Å². The van der Waals surface area contributed by atoms with E-state index >= 15 is 0 Å². The highest BCUT2D eigenvalue weighted by atomic mass is 16.5. The largest absolute Gasteiger partial charge is 0.481 e. The van der Waals surface area contributed by atoms with Crippen molar-refractivity contribution in [2.45, 2.75) is 20.0 Å². The Balaban J connectivity index is 1.75. The third-order valence-corrected chi connectivity index (χ3v) is 4.14. The lowest BCUT2D eigenvalue weighted by Crippen LogP contribution is -2.30. The molecule has 0 saturated carbocycles. The second-order valence-corrected chi connectivity index (χ2v) is 6.31. The zero-order valence-corrected chi connectivity index (χ0v) is 15.3. The van der Waals surface area contributed by atoms with E-state index in [2.05, 4.69) is 5.32 Å². The zero-order chi connectivity index (χ0) is 19.2. The van der Waals surface area contributed by atoms with E-state index in [0.29, 0.717) is 22.6 Å². The number of carbonyl (C=O) groups excluding carboxylic acids is 2. The number of carbonyl (C=O) groups is 2. The molecule has 27 heavy (non-hydrogen) atoms. The minimum absolute atomic E-state index is 0.140. The van der Waals surface area contributed by atoms with Crippen LogP contribution in [-0.2, 0) is 4.79 Å². The van der Waals surface area contributed by atoms with E-state index in [1.807, 2.05) is 49.4 Å². The van der Waals surface area contributed by atoms with Crippen LogP contribution in [0.1, 0.15) is 28.4 Å². The highest BCUT2D eigenvalue weighted by Crippen LogP contribution is 2.20. The Morgan fingerprint density at radius 2 is 1.59 bits per heavy atom. The molecule has 0 fully saturated rings. The van der Waals surface area contributed by atoms with Crippen molar-refractivity contribution >= 4 is 17.4 Å². The van der Waals surface area contributed by atoms with Gasteiger partial charge in [0.15, 0.2) is 11.9 Å². The minimum Gasteiger partial charge on any atom is -0.481 e. The molecule has 3 aromatic carbocycles. The molecule has 0 spiro atoms. The summed E-state index contributed by atoms with van der Waals surface area (Å²) in [4.78, 5) is 25.3. The van der Waals surface area contributed by atoms with Gasteiger partial charge in [0.05, 0.1) is 5.69 Å². The molecule has 1 atom stereocenters. The van der Waals surface area contributed by atoms with Crippen LogP contribution < -0.4 is 10.1 Å². The number of ketones is 1. The van der Waals surface area contributed by atoms with Crippen molar-refractivity contribution in [1.82, 2.24) is 0 Å². The molecule has 0 aliphatic carbocycles. The Kier molecular flexibility index (Phi) is 5.67. The zero-order valence-electron chi connectivity index (χ0n) is 15.3. The number of hydrogen-bond donors (Lipinski definition) is 1. The Morgan fingerprint density at radius 1 is 0.889 bits per heavy atom. The van der Waals surface area contributed by atoms with Gasteiger partial charge in [0.2, 0.25) is 0 Å². The molecule has 0 saturated heterocycles. The van der Waals surface area contributed by atoms with Gasteiger partial charge in [0.25, 0.3) is 5.91 Å². The van der Waals surface area contributed by atoms with Gasteiger partial charge in [-0.1, -0.05) is 54.6 Å². The van der Waals surface area contributed by atoms with E-state index in [0.717, 1.165) is 5.56 Å². The smallest absolute Gasteiger partial charge is 0.265 e. The summed E-state index contributed by atoms with van der Waals surface area (Å²) >= 11 is 0. The summed E-state index contributed by atoms with van der Waals surface area (Å²) in [6.45, 7) is 3.64. The molecular formula is C23H21NO3. The van der Waals surface area contributed by atoms with E-state index in [1.54, 1.807) is 43.3 Å².